The van der Waals surface area contributed by atoms with Crippen LogP contribution in [0.2, 0.25) is 0 Å². The van der Waals surface area contributed by atoms with Gasteiger partial charge in [0.25, 0.3) is 0 Å². The summed E-state index contributed by atoms with van der Waals surface area (Å²) in [6, 6.07) is 8.08. The third-order valence-corrected chi connectivity index (χ3v) is 3.35. The normalized spacial score (nSPS) is 11.3. The van der Waals surface area contributed by atoms with Gasteiger partial charge in [-0.05, 0) is 25.1 Å². The maximum absolute atomic E-state index is 4.55. The van der Waals surface area contributed by atoms with Crippen LogP contribution in [0.15, 0.2) is 36.7 Å². The molecule has 0 spiro atoms. The molecule has 19 heavy (non-hydrogen) atoms. The fourth-order valence-electron chi connectivity index (χ4n) is 2.26. The number of imidazole rings is 1. The molecule has 0 aromatic carbocycles. The van der Waals surface area contributed by atoms with E-state index in [1.54, 1.807) is 0 Å². The van der Waals surface area contributed by atoms with E-state index >= 15 is 0 Å². The maximum atomic E-state index is 4.55. The van der Waals surface area contributed by atoms with E-state index in [-0.39, 0.29) is 0 Å². The topological polar surface area (TPSA) is 47.1 Å². The van der Waals surface area contributed by atoms with Crippen molar-refractivity contribution in [2.24, 2.45) is 7.05 Å². The predicted octanol–water partition coefficient (Wildman–Crippen LogP) is 1.67. The van der Waals surface area contributed by atoms with E-state index in [1.807, 2.05) is 49.1 Å². The van der Waals surface area contributed by atoms with Crippen LogP contribution in [-0.2, 0) is 20.1 Å². The number of rotatable bonds is 4. The first-order chi connectivity index (χ1) is 9.25. The van der Waals surface area contributed by atoms with Crippen molar-refractivity contribution >= 4 is 5.65 Å². The first-order valence-corrected chi connectivity index (χ1v) is 6.36. The Hall–Kier alpha value is -2.14. The highest BCUT2D eigenvalue weighted by molar-refractivity contribution is 5.42. The van der Waals surface area contributed by atoms with Gasteiger partial charge < -0.3 is 9.72 Å². The fraction of sp³-hybridized carbons (Fsp3) is 0.286. The second kappa shape index (κ2) is 4.85. The van der Waals surface area contributed by atoms with Crippen LogP contribution in [0.4, 0.5) is 0 Å². The minimum Gasteiger partial charge on any atom is -0.306 e. The molecule has 0 saturated heterocycles. The minimum atomic E-state index is 0.794. The molecular weight excluding hydrogens is 238 g/mol. The smallest absolute Gasteiger partial charge is 0.137 e. The maximum Gasteiger partial charge on any atom is 0.137 e. The van der Waals surface area contributed by atoms with Crippen molar-refractivity contribution in [2.45, 2.75) is 20.0 Å². The van der Waals surface area contributed by atoms with Gasteiger partial charge in [-0.2, -0.15) is 5.10 Å². The van der Waals surface area contributed by atoms with E-state index in [1.165, 1.54) is 11.4 Å². The van der Waals surface area contributed by atoms with Crippen molar-refractivity contribution in [3.05, 3.63) is 53.7 Å². The van der Waals surface area contributed by atoms with Crippen molar-refractivity contribution in [2.75, 3.05) is 0 Å². The van der Waals surface area contributed by atoms with E-state index < -0.39 is 0 Å². The van der Waals surface area contributed by atoms with Crippen LogP contribution in [0.5, 0.6) is 0 Å². The molecule has 3 heterocycles. The first-order valence-electron chi connectivity index (χ1n) is 6.36. The summed E-state index contributed by atoms with van der Waals surface area (Å²) < 4.78 is 4.01. The number of aryl methyl sites for hydroxylation is 2. The van der Waals surface area contributed by atoms with Gasteiger partial charge in [-0.25, -0.2) is 4.98 Å². The van der Waals surface area contributed by atoms with Crippen LogP contribution in [0, 0.1) is 6.92 Å². The molecule has 0 amide bonds. The summed E-state index contributed by atoms with van der Waals surface area (Å²) in [7, 11) is 1.95. The van der Waals surface area contributed by atoms with E-state index in [0.29, 0.717) is 0 Å². The highest BCUT2D eigenvalue weighted by atomic mass is 15.3. The molecule has 0 bridgehead atoms. The van der Waals surface area contributed by atoms with Gasteiger partial charge in [0.2, 0.25) is 0 Å². The highest BCUT2D eigenvalue weighted by Gasteiger charge is 2.07. The number of hydrogen-bond acceptors (Lipinski definition) is 3. The van der Waals surface area contributed by atoms with Crippen molar-refractivity contribution in [3.8, 4) is 0 Å². The standard InChI is InChI=1S/C14H17N5/c1-11-13(19-8-4-3-5-14(19)17-11)10-15-9-12-6-7-16-18(12)2/h3-8,15H,9-10H2,1-2H3. The predicted molar refractivity (Wildman–Crippen MR) is 73.7 cm³/mol. The van der Waals surface area contributed by atoms with Gasteiger partial charge in [0.1, 0.15) is 5.65 Å². The molecule has 3 aromatic heterocycles. The summed E-state index contributed by atoms with van der Waals surface area (Å²) in [5.41, 5.74) is 4.45. The lowest BCUT2D eigenvalue weighted by Crippen LogP contribution is -2.16. The van der Waals surface area contributed by atoms with Gasteiger partial charge >= 0.3 is 0 Å². The van der Waals surface area contributed by atoms with Crippen LogP contribution in [0.3, 0.4) is 0 Å². The van der Waals surface area contributed by atoms with Gasteiger partial charge in [-0.15, -0.1) is 0 Å². The Kier molecular flexibility index (Phi) is 3.05. The number of aromatic nitrogens is 4. The second-order valence-electron chi connectivity index (χ2n) is 4.62. The molecule has 5 nitrogen and oxygen atoms in total. The molecule has 0 aliphatic carbocycles. The Morgan fingerprint density at radius 2 is 2.11 bits per heavy atom. The van der Waals surface area contributed by atoms with E-state index in [4.69, 9.17) is 0 Å². The molecule has 3 rings (SSSR count). The Balaban J connectivity index is 1.75. The van der Waals surface area contributed by atoms with Crippen molar-refractivity contribution in [3.63, 3.8) is 0 Å². The molecular formula is C14H17N5. The molecule has 3 aromatic rings. The molecule has 1 N–H and O–H groups in total. The highest BCUT2D eigenvalue weighted by Crippen LogP contribution is 2.11. The number of hydrogen-bond donors (Lipinski definition) is 1. The average Bonchev–Trinajstić information content (AvgIpc) is 2.94. The molecule has 0 fully saturated rings. The van der Waals surface area contributed by atoms with Gasteiger partial charge in [0, 0.05) is 32.5 Å². The molecule has 0 unspecified atom stereocenters. The largest absolute Gasteiger partial charge is 0.306 e. The second-order valence-corrected chi connectivity index (χ2v) is 4.62. The first kappa shape index (κ1) is 11.9. The van der Waals surface area contributed by atoms with Gasteiger partial charge in [-0.1, -0.05) is 6.07 Å². The quantitative estimate of drug-likeness (QED) is 0.771. The van der Waals surface area contributed by atoms with Crippen LogP contribution < -0.4 is 5.32 Å². The van der Waals surface area contributed by atoms with Gasteiger partial charge in [-0.3, -0.25) is 4.68 Å². The van der Waals surface area contributed by atoms with Crippen molar-refractivity contribution in [1.29, 1.82) is 0 Å². The Bertz CT molecular complexity index is 695. The molecule has 0 saturated carbocycles. The lowest BCUT2D eigenvalue weighted by atomic mass is 10.3. The van der Waals surface area contributed by atoms with Crippen LogP contribution in [-0.4, -0.2) is 19.2 Å². The zero-order valence-corrected chi connectivity index (χ0v) is 11.2. The zero-order chi connectivity index (χ0) is 13.2. The van der Waals surface area contributed by atoms with Gasteiger partial charge in [0.05, 0.1) is 17.1 Å². The Morgan fingerprint density at radius 1 is 1.21 bits per heavy atom. The Labute approximate surface area is 111 Å². The number of fused-ring (bicyclic) bond motifs is 1. The third-order valence-electron chi connectivity index (χ3n) is 3.35. The summed E-state index contributed by atoms with van der Waals surface area (Å²) in [5.74, 6) is 0. The molecule has 5 heteroatoms. The van der Waals surface area contributed by atoms with Crippen molar-refractivity contribution < 1.29 is 0 Å². The van der Waals surface area contributed by atoms with Crippen LogP contribution in [0.25, 0.3) is 5.65 Å². The number of nitrogens with zero attached hydrogens (tertiary/aromatic N) is 4. The number of nitrogens with one attached hydrogen (secondary N) is 1. The van der Waals surface area contributed by atoms with Crippen LogP contribution in [0.1, 0.15) is 17.1 Å². The fourth-order valence-corrected chi connectivity index (χ4v) is 2.26. The lowest BCUT2D eigenvalue weighted by Gasteiger charge is -2.06. The summed E-state index contributed by atoms with van der Waals surface area (Å²) >= 11 is 0. The SMILES string of the molecule is Cc1nc2ccccn2c1CNCc1ccnn1C. The Morgan fingerprint density at radius 3 is 2.89 bits per heavy atom. The third kappa shape index (κ3) is 2.24. The number of pyridine rings is 1. The molecule has 0 radical (unpaired) electrons. The zero-order valence-electron chi connectivity index (χ0n) is 11.2. The monoisotopic (exact) mass is 255 g/mol. The van der Waals surface area contributed by atoms with E-state index in [9.17, 15) is 0 Å². The summed E-state index contributed by atoms with van der Waals surface area (Å²) in [6.45, 7) is 3.65. The molecule has 0 aliphatic heterocycles. The molecule has 0 aliphatic rings. The summed E-state index contributed by atoms with van der Waals surface area (Å²) in [6.07, 6.45) is 3.87. The van der Waals surface area contributed by atoms with Crippen LogP contribution >= 0.6 is 0 Å². The summed E-state index contributed by atoms with van der Waals surface area (Å²) in [4.78, 5) is 4.55. The van der Waals surface area contributed by atoms with E-state index in [2.05, 4.69) is 26.0 Å². The minimum absolute atomic E-state index is 0.794. The van der Waals surface area contributed by atoms with Gasteiger partial charge in [0.15, 0.2) is 0 Å². The van der Waals surface area contributed by atoms with E-state index in [0.717, 1.165) is 24.4 Å². The summed E-state index contributed by atoms with van der Waals surface area (Å²) in [5, 5.41) is 7.60. The molecule has 0 atom stereocenters. The van der Waals surface area contributed by atoms with Crippen molar-refractivity contribution in [1.82, 2.24) is 24.5 Å². The molecule has 98 valence electrons. The lowest BCUT2D eigenvalue weighted by molar-refractivity contribution is 0.616. The average molecular weight is 255 g/mol.